The van der Waals surface area contributed by atoms with Crippen LogP contribution in [0.2, 0.25) is 0 Å². The molecule has 3 atom stereocenters. The molecular weight excluding hydrogens is 176 g/mol. The maximum absolute atomic E-state index is 5.73. The van der Waals surface area contributed by atoms with Crippen molar-refractivity contribution in [2.45, 2.75) is 38.3 Å². The Morgan fingerprint density at radius 3 is 2.93 bits per heavy atom. The van der Waals surface area contributed by atoms with Crippen molar-refractivity contribution in [1.82, 2.24) is 4.90 Å². The van der Waals surface area contributed by atoms with E-state index in [9.17, 15) is 0 Å². The molecule has 2 rings (SSSR count). The highest BCUT2D eigenvalue weighted by Gasteiger charge is 2.33. The van der Waals surface area contributed by atoms with Gasteiger partial charge in [0.05, 0.1) is 6.61 Å². The van der Waals surface area contributed by atoms with Gasteiger partial charge in [0, 0.05) is 25.2 Å². The zero-order valence-corrected chi connectivity index (χ0v) is 9.11. The summed E-state index contributed by atoms with van der Waals surface area (Å²) < 4.78 is 5.54. The van der Waals surface area contributed by atoms with Gasteiger partial charge in [-0.05, 0) is 38.6 Å². The van der Waals surface area contributed by atoms with Gasteiger partial charge in [-0.2, -0.15) is 0 Å². The van der Waals surface area contributed by atoms with E-state index < -0.39 is 0 Å². The Morgan fingerprint density at radius 2 is 2.36 bits per heavy atom. The van der Waals surface area contributed by atoms with Crippen molar-refractivity contribution < 1.29 is 4.74 Å². The summed E-state index contributed by atoms with van der Waals surface area (Å²) in [6, 6.07) is 1.37. The summed E-state index contributed by atoms with van der Waals surface area (Å²) in [5, 5.41) is 0. The number of likely N-dealkylation sites (tertiary alicyclic amines) is 1. The quantitative estimate of drug-likeness (QED) is 0.714. The number of ether oxygens (including phenoxy) is 1. The zero-order chi connectivity index (χ0) is 9.97. The lowest BCUT2D eigenvalue weighted by atomic mass is 10.1. The fourth-order valence-corrected chi connectivity index (χ4v) is 2.84. The van der Waals surface area contributed by atoms with Gasteiger partial charge >= 0.3 is 0 Å². The summed E-state index contributed by atoms with van der Waals surface area (Å²) in [7, 11) is 0. The smallest absolute Gasteiger partial charge is 0.0621 e. The maximum Gasteiger partial charge on any atom is 0.0621 e. The van der Waals surface area contributed by atoms with Crippen LogP contribution in [0.4, 0.5) is 0 Å². The average Bonchev–Trinajstić information content (AvgIpc) is 2.61. The van der Waals surface area contributed by atoms with E-state index in [-0.39, 0.29) is 0 Å². The van der Waals surface area contributed by atoms with Gasteiger partial charge in [0.25, 0.3) is 0 Å². The first kappa shape index (κ1) is 10.4. The SMILES string of the molecule is CC1CC(CN)CN1C1CCCOC1. The van der Waals surface area contributed by atoms with Crippen LogP contribution in [0.15, 0.2) is 0 Å². The lowest BCUT2D eigenvalue weighted by Gasteiger charge is -2.34. The largest absolute Gasteiger partial charge is 0.380 e. The minimum Gasteiger partial charge on any atom is -0.380 e. The first-order valence-electron chi connectivity index (χ1n) is 5.85. The third kappa shape index (κ3) is 2.10. The number of hydrogen-bond donors (Lipinski definition) is 1. The Morgan fingerprint density at radius 1 is 1.50 bits per heavy atom. The van der Waals surface area contributed by atoms with Crippen LogP contribution in [0, 0.1) is 5.92 Å². The molecule has 0 aromatic carbocycles. The molecule has 2 saturated heterocycles. The topological polar surface area (TPSA) is 38.5 Å². The van der Waals surface area contributed by atoms with Crippen molar-refractivity contribution >= 4 is 0 Å². The summed E-state index contributed by atoms with van der Waals surface area (Å²) in [5.74, 6) is 0.715. The third-order valence-electron chi connectivity index (χ3n) is 3.65. The lowest BCUT2D eigenvalue weighted by Crippen LogP contribution is -2.43. The molecule has 0 amide bonds. The predicted octanol–water partition coefficient (Wildman–Crippen LogP) is 0.834. The number of rotatable bonds is 2. The Hall–Kier alpha value is -0.120. The van der Waals surface area contributed by atoms with Crippen LogP contribution < -0.4 is 5.73 Å². The standard InChI is InChI=1S/C11H22N2O/c1-9-5-10(6-12)7-13(9)11-3-2-4-14-8-11/h9-11H,2-8,12H2,1H3. The highest BCUT2D eigenvalue weighted by atomic mass is 16.5. The monoisotopic (exact) mass is 198 g/mol. The van der Waals surface area contributed by atoms with Gasteiger partial charge in [0.1, 0.15) is 0 Å². The first-order valence-corrected chi connectivity index (χ1v) is 5.85. The molecular formula is C11H22N2O. The van der Waals surface area contributed by atoms with Crippen molar-refractivity contribution in [2.75, 3.05) is 26.3 Å². The Kier molecular flexibility index (Phi) is 3.42. The van der Waals surface area contributed by atoms with Crippen molar-refractivity contribution in [1.29, 1.82) is 0 Å². The highest BCUT2D eigenvalue weighted by Crippen LogP contribution is 2.27. The second-order valence-electron chi connectivity index (χ2n) is 4.75. The molecule has 3 unspecified atom stereocenters. The molecule has 0 bridgehead atoms. The molecule has 2 aliphatic heterocycles. The fourth-order valence-electron chi connectivity index (χ4n) is 2.84. The number of nitrogens with zero attached hydrogens (tertiary/aromatic N) is 1. The molecule has 0 aromatic heterocycles. The molecule has 3 heteroatoms. The van der Waals surface area contributed by atoms with Crippen molar-refractivity contribution in [3.8, 4) is 0 Å². The van der Waals surface area contributed by atoms with Crippen LogP contribution in [-0.4, -0.2) is 43.3 Å². The van der Waals surface area contributed by atoms with E-state index in [1.807, 2.05) is 0 Å². The van der Waals surface area contributed by atoms with Crippen molar-refractivity contribution in [2.24, 2.45) is 11.7 Å². The zero-order valence-electron chi connectivity index (χ0n) is 9.11. The summed E-state index contributed by atoms with van der Waals surface area (Å²) in [6.45, 7) is 6.24. The molecule has 2 N–H and O–H groups in total. The molecule has 0 aromatic rings. The van der Waals surface area contributed by atoms with E-state index in [4.69, 9.17) is 10.5 Å². The second kappa shape index (κ2) is 4.60. The van der Waals surface area contributed by atoms with Crippen LogP contribution >= 0.6 is 0 Å². The predicted molar refractivity (Wildman–Crippen MR) is 57.2 cm³/mol. The summed E-state index contributed by atoms with van der Waals surface area (Å²) in [5.41, 5.74) is 5.73. The first-order chi connectivity index (χ1) is 6.81. The van der Waals surface area contributed by atoms with E-state index in [2.05, 4.69) is 11.8 Å². The number of nitrogens with two attached hydrogens (primary N) is 1. The van der Waals surface area contributed by atoms with E-state index in [0.717, 1.165) is 19.8 Å². The third-order valence-corrected chi connectivity index (χ3v) is 3.65. The minimum atomic E-state index is 0.662. The van der Waals surface area contributed by atoms with Gasteiger partial charge in [-0.1, -0.05) is 0 Å². The van der Waals surface area contributed by atoms with E-state index >= 15 is 0 Å². The van der Waals surface area contributed by atoms with Gasteiger partial charge in [0.15, 0.2) is 0 Å². The molecule has 82 valence electrons. The maximum atomic E-state index is 5.73. The van der Waals surface area contributed by atoms with Crippen LogP contribution in [0.3, 0.4) is 0 Å². The fraction of sp³-hybridized carbons (Fsp3) is 1.00. The Balaban J connectivity index is 1.90. The molecule has 3 nitrogen and oxygen atoms in total. The van der Waals surface area contributed by atoms with Crippen LogP contribution in [0.5, 0.6) is 0 Å². The average molecular weight is 198 g/mol. The van der Waals surface area contributed by atoms with Crippen LogP contribution in [-0.2, 0) is 4.74 Å². The van der Waals surface area contributed by atoms with Gasteiger partial charge in [-0.3, -0.25) is 4.90 Å². The second-order valence-corrected chi connectivity index (χ2v) is 4.75. The Labute approximate surface area is 86.6 Å². The number of hydrogen-bond acceptors (Lipinski definition) is 3. The van der Waals surface area contributed by atoms with Gasteiger partial charge in [-0.25, -0.2) is 0 Å². The summed E-state index contributed by atoms with van der Waals surface area (Å²) in [6.07, 6.45) is 3.80. The van der Waals surface area contributed by atoms with Crippen LogP contribution in [0.25, 0.3) is 0 Å². The molecule has 14 heavy (non-hydrogen) atoms. The van der Waals surface area contributed by atoms with E-state index in [1.165, 1.54) is 25.8 Å². The normalized spacial score (nSPS) is 40.3. The van der Waals surface area contributed by atoms with Gasteiger partial charge < -0.3 is 10.5 Å². The summed E-state index contributed by atoms with van der Waals surface area (Å²) in [4.78, 5) is 2.61. The lowest BCUT2D eigenvalue weighted by molar-refractivity contribution is 0.0144. The van der Waals surface area contributed by atoms with Crippen LogP contribution in [0.1, 0.15) is 26.2 Å². The minimum absolute atomic E-state index is 0.662. The molecule has 0 radical (unpaired) electrons. The summed E-state index contributed by atoms with van der Waals surface area (Å²) >= 11 is 0. The Bertz CT molecular complexity index is 180. The van der Waals surface area contributed by atoms with Gasteiger partial charge in [0.2, 0.25) is 0 Å². The molecule has 2 aliphatic rings. The molecule has 0 aliphatic carbocycles. The molecule has 2 heterocycles. The highest BCUT2D eigenvalue weighted by molar-refractivity contribution is 4.88. The molecule has 2 fully saturated rings. The van der Waals surface area contributed by atoms with E-state index in [0.29, 0.717) is 18.0 Å². The van der Waals surface area contributed by atoms with Crippen molar-refractivity contribution in [3.63, 3.8) is 0 Å². The van der Waals surface area contributed by atoms with Crippen molar-refractivity contribution in [3.05, 3.63) is 0 Å². The molecule has 0 saturated carbocycles. The van der Waals surface area contributed by atoms with E-state index in [1.54, 1.807) is 0 Å². The van der Waals surface area contributed by atoms with Gasteiger partial charge in [-0.15, -0.1) is 0 Å². The molecule has 0 spiro atoms.